The maximum atomic E-state index is 4.53. The van der Waals surface area contributed by atoms with Gasteiger partial charge in [-0.15, -0.1) is 11.3 Å². The molecule has 20 heavy (non-hydrogen) atoms. The Morgan fingerprint density at radius 2 is 2.25 bits per heavy atom. The van der Waals surface area contributed by atoms with Crippen molar-refractivity contribution in [2.75, 3.05) is 6.54 Å². The average Bonchev–Trinajstić information content (AvgIpc) is 3.02. The SMILES string of the molecule is CCNCc1cn(Cc2cnc(C)s2)c2ncccc12. The molecule has 0 saturated carbocycles. The molecule has 3 heterocycles. The Morgan fingerprint density at radius 1 is 1.35 bits per heavy atom. The fraction of sp³-hybridized carbons (Fsp3) is 0.333. The van der Waals surface area contributed by atoms with Crippen molar-refractivity contribution in [3.63, 3.8) is 0 Å². The highest BCUT2D eigenvalue weighted by Crippen LogP contribution is 2.22. The average molecular weight is 286 g/mol. The molecule has 0 bridgehead atoms. The summed E-state index contributed by atoms with van der Waals surface area (Å²) in [5, 5.41) is 5.73. The van der Waals surface area contributed by atoms with E-state index in [0.717, 1.165) is 30.3 Å². The van der Waals surface area contributed by atoms with Crippen molar-refractivity contribution in [2.24, 2.45) is 0 Å². The van der Waals surface area contributed by atoms with Crippen LogP contribution >= 0.6 is 11.3 Å². The summed E-state index contributed by atoms with van der Waals surface area (Å²) in [6.07, 6.45) is 6.02. The first kappa shape index (κ1) is 13.3. The van der Waals surface area contributed by atoms with Crippen LogP contribution in [0.4, 0.5) is 0 Å². The molecular weight excluding hydrogens is 268 g/mol. The van der Waals surface area contributed by atoms with Gasteiger partial charge in [0.1, 0.15) is 5.65 Å². The van der Waals surface area contributed by atoms with Gasteiger partial charge in [0, 0.05) is 35.4 Å². The van der Waals surface area contributed by atoms with E-state index in [9.17, 15) is 0 Å². The maximum absolute atomic E-state index is 4.53. The minimum atomic E-state index is 0.838. The van der Waals surface area contributed by atoms with Gasteiger partial charge in [-0.25, -0.2) is 9.97 Å². The number of nitrogens with one attached hydrogen (secondary N) is 1. The molecule has 0 aromatic carbocycles. The van der Waals surface area contributed by atoms with Gasteiger partial charge in [0.05, 0.1) is 11.6 Å². The first-order valence-corrected chi connectivity index (χ1v) is 7.64. The second-order valence-electron chi connectivity index (χ2n) is 4.78. The predicted octanol–water partition coefficient (Wildman–Crippen LogP) is 2.96. The van der Waals surface area contributed by atoms with Crippen molar-refractivity contribution in [1.29, 1.82) is 0 Å². The Kier molecular flexibility index (Phi) is 3.80. The quantitative estimate of drug-likeness (QED) is 0.784. The zero-order valence-electron chi connectivity index (χ0n) is 11.8. The number of hydrogen-bond donors (Lipinski definition) is 1. The van der Waals surface area contributed by atoms with Crippen LogP contribution in [0.1, 0.15) is 22.4 Å². The van der Waals surface area contributed by atoms with E-state index in [0.29, 0.717) is 0 Å². The van der Waals surface area contributed by atoms with Crippen molar-refractivity contribution in [3.8, 4) is 0 Å². The highest BCUT2D eigenvalue weighted by molar-refractivity contribution is 7.11. The number of aryl methyl sites for hydroxylation is 1. The number of fused-ring (bicyclic) bond motifs is 1. The van der Waals surface area contributed by atoms with Crippen molar-refractivity contribution in [1.82, 2.24) is 19.9 Å². The number of aromatic nitrogens is 3. The van der Waals surface area contributed by atoms with Crippen LogP contribution in [0.5, 0.6) is 0 Å². The van der Waals surface area contributed by atoms with E-state index in [2.05, 4.69) is 39.0 Å². The summed E-state index contributed by atoms with van der Waals surface area (Å²) in [4.78, 5) is 10.1. The van der Waals surface area contributed by atoms with Crippen LogP contribution in [-0.4, -0.2) is 21.1 Å². The third-order valence-electron chi connectivity index (χ3n) is 3.28. The van der Waals surface area contributed by atoms with E-state index < -0.39 is 0 Å². The third kappa shape index (κ3) is 2.59. The number of rotatable bonds is 5. The minimum absolute atomic E-state index is 0.838. The number of nitrogens with zero attached hydrogens (tertiary/aromatic N) is 3. The Hall–Kier alpha value is -1.72. The van der Waals surface area contributed by atoms with Gasteiger partial charge in [-0.3, -0.25) is 0 Å². The van der Waals surface area contributed by atoms with Crippen LogP contribution in [0.25, 0.3) is 11.0 Å². The molecule has 0 spiro atoms. The number of thiazole rings is 1. The topological polar surface area (TPSA) is 42.7 Å². The molecule has 1 N–H and O–H groups in total. The second kappa shape index (κ2) is 5.73. The van der Waals surface area contributed by atoms with Gasteiger partial charge in [0.2, 0.25) is 0 Å². The molecule has 3 aromatic rings. The van der Waals surface area contributed by atoms with E-state index in [-0.39, 0.29) is 0 Å². The van der Waals surface area contributed by atoms with Gasteiger partial charge in [-0.1, -0.05) is 6.92 Å². The van der Waals surface area contributed by atoms with Crippen molar-refractivity contribution < 1.29 is 0 Å². The van der Waals surface area contributed by atoms with E-state index in [1.165, 1.54) is 15.8 Å². The van der Waals surface area contributed by atoms with Crippen LogP contribution in [0.15, 0.2) is 30.7 Å². The summed E-state index contributed by atoms with van der Waals surface area (Å²) in [5.41, 5.74) is 2.35. The van der Waals surface area contributed by atoms with Gasteiger partial charge >= 0.3 is 0 Å². The van der Waals surface area contributed by atoms with Gasteiger partial charge in [0.25, 0.3) is 0 Å². The first-order valence-electron chi connectivity index (χ1n) is 6.82. The molecular formula is C15H18N4S. The summed E-state index contributed by atoms with van der Waals surface area (Å²) < 4.78 is 2.22. The first-order chi connectivity index (χ1) is 9.78. The van der Waals surface area contributed by atoms with Crippen molar-refractivity contribution >= 4 is 22.4 Å². The molecule has 4 nitrogen and oxygen atoms in total. The highest BCUT2D eigenvalue weighted by Gasteiger charge is 2.10. The van der Waals surface area contributed by atoms with E-state index in [1.807, 2.05) is 25.4 Å². The molecule has 0 aliphatic heterocycles. The zero-order chi connectivity index (χ0) is 13.9. The van der Waals surface area contributed by atoms with E-state index in [4.69, 9.17) is 0 Å². The van der Waals surface area contributed by atoms with Crippen LogP contribution < -0.4 is 5.32 Å². The van der Waals surface area contributed by atoms with E-state index >= 15 is 0 Å². The molecule has 104 valence electrons. The molecule has 0 unspecified atom stereocenters. The zero-order valence-corrected chi connectivity index (χ0v) is 12.6. The van der Waals surface area contributed by atoms with Gasteiger partial charge in [0.15, 0.2) is 0 Å². The molecule has 0 radical (unpaired) electrons. The molecule has 5 heteroatoms. The molecule has 0 fully saturated rings. The molecule has 0 atom stereocenters. The lowest BCUT2D eigenvalue weighted by Gasteiger charge is -2.01. The van der Waals surface area contributed by atoms with Crippen LogP contribution in [-0.2, 0) is 13.1 Å². The fourth-order valence-electron chi connectivity index (χ4n) is 2.36. The molecule has 0 aliphatic rings. The largest absolute Gasteiger partial charge is 0.327 e. The van der Waals surface area contributed by atoms with Crippen molar-refractivity contribution in [2.45, 2.75) is 26.9 Å². The molecule has 3 aromatic heterocycles. The molecule has 0 aliphatic carbocycles. The Balaban J connectivity index is 1.97. The lowest BCUT2D eigenvalue weighted by Crippen LogP contribution is -2.11. The lowest BCUT2D eigenvalue weighted by molar-refractivity contribution is 0.724. The Labute approximate surface area is 122 Å². The third-order valence-corrected chi connectivity index (χ3v) is 4.17. The van der Waals surface area contributed by atoms with E-state index in [1.54, 1.807) is 11.3 Å². The summed E-state index contributed by atoms with van der Waals surface area (Å²) in [6, 6.07) is 4.14. The Bertz CT molecular complexity index is 714. The summed E-state index contributed by atoms with van der Waals surface area (Å²) >= 11 is 1.74. The normalized spacial score (nSPS) is 11.3. The highest BCUT2D eigenvalue weighted by atomic mass is 32.1. The second-order valence-corrected chi connectivity index (χ2v) is 6.10. The monoisotopic (exact) mass is 286 g/mol. The maximum Gasteiger partial charge on any atom is 0.140 e. The summed E-state index contributed by atoms with van der Waals surface area (Å²) in [7, 11) is 0. The van der Waals surface area contributed by atoms with Gasteiger partial charge < -0.3 is 9.88 Å². The molecule has 3 rings (SSSR count). The smallest absolute Gasteiger partial charge is 0.140 e. The van der Waals surface area contributed by atoms with Crippen LogP contribution in [0.3, 0.4) is 0 Å². The van der Waals surface area contributed by atoms with Crippen molar-refractivity contribution in [3.05, 3.63) is 46.2 Å². The minimum Gasteiger partial charge on any atom is -0.327 e. The van der Waals surface area contributed by atoms with Gasteiger partial charge in [-0.05, 0) is 31.2 Å². The molecule has 0 saturated heterocycles. The standard InChI is InChI=1S/C15H18N4S/c1-3-16-7-12-9-19(10-13-8-18-11(2)20-13)15-14(12)5-4-6-17-15/h4-6,8-9,16H,3,7,10H2,1-2H3. The molecule has 0 amide bonds. The summed E-state index contributed by atoms with van der Waals surface area (Å²) in [5.74, 6) is 0. The van der Waals surface area contributed by atoms with Gasteiger partial charge in [-0.2, -0.15) is 0 Å². The predicted molar refractivity (Wildman–Crippen MR) is 83.1 cm³/mol. The fourth-order valence-corrected chi connectivity index (χ4v) is 3.16. The Morgan fingerprint density at radius 3 is 3.00 bits per heavy atom. The van der Waals surface area contributed by atoms with Crippen LogP contribution in [0, 0.1) is 6.92 Å². The lowest BCUT2D eigenvalue weighted by atomic mass is 10.2. The van der Waals surface area contributed by atoms with Crippen LogP contribution in [0.2, 0.25) is 0 Å². The number of hydrogen-bond acceptors (Lipinski definition) is 4. The number of pyridine rings is 1. The summed E-state index contributed by atoms with van der Waals surface area (Å²) in [6.45, 7) is 6.86.